The van der Waals surface area contributed by atoms with Crippen LogP contribution in [0.4, 0.5) is 4.79 Å². The van der Waals surface area contributed by atoms with E-state index >= 15 is 0 Å². The number of fused-ring (bicyclic) bond motifs is 1. The molecule has 0 radical (unpaired) electrons. The minimum absolute atomic E-state index is 0.102. The molecule has 4 aromatic rings. The Hall–Kier alpha value is -4.29. The molecular formula is C33H33NO5. The van der Waals surface area contributed by atoms with Crippen LogP contribution < -0.4 is 9.47 Å². The van der Waals surface area contributed by atoms with Crippen molar-refractivity contribution in [2.24, 2.45) is 0 Å². The van der Waals surface area contributed by atoms with E-state index in [1.54, 1.807) is 0 Å². The van der Waals surface area contributed by atoms with E-state index in [9.17, 15) is 9.90 Å². The van der Waals surface area contributed by atoms with Gasteiger partial charge in [-0.05, 0) is 70.8 Å². The smallest absolute Gasteiger partial charge is 0.407 e. The fraction of sp³-hybridized carbons (Fsp3) is 0.242. The van der Waals surface area contributed by atoms with E-state index in [-0.39, 0.29) is 12.0 Å². The number of amides is 1. The lowest BCUT2D eigenvalue weighted by atomic mass is 9.87. The van der Waals surface area contributed by atoms with Gasteiger partial charge in [-0.25, -0.2) is 4.79 Å². The molecule has 1 fully saturated rings. The van der Waals surface area contributed by atoms with Gasteiger partial charge >= 0.3 is 6.09 Å². The fourth-order valence-corrected chi connectivity index (χ4v) is 4.93. The summed E-state index contributed by atoms with van der Waals surface area (Å²) in [5, 5.41) is 11.9. The zero-order chi connectivity index (χ0) is 26.9. The summed E-state index contributed by atoms with van der Waals surface area (Å²) in [6, 6.07) is 32.3. The molecule has 1 aliphatic rings. The first-order valence-corrected chi connectivity index (χ1v) is 13.3. The van der Waals surface area contributed by atoms with Crippen LogP contribution >= 0.6 is 0 Å². The van der Waals surface area contributed by atoms with E-state index in [4.69, 9.17) is 14.2 Å². The Bertz CT molecular complexity index is 1390. The molecule has 200 valence electrons. The third-order valence-corrected chi connectivity index (χ3v) is 7.02. The molecule has 2 atom stereocenters. The summed E-state index contributed by atoms with van der Waals surface area (Å²) >= 11 is 0. The number of carboxylic acid groups (broad SMARTS) is 1. The summed E-state index contributed by atoms with van der Waals surface area (Å²) in [4.78, 5) is 13.1. The molecule has 1 saturated heterocycles. The first-order valence-electron chi connectivity index (χ1n) is 13.3. The maximum atomic E-state index is 11.7. The van der Waals surface area contributed by atoms with Crippen molar-refractivity contribution < 1.29 is 24.1 Å². The lowest BCUT2D eigenvalue weighted by Gasteiger charge is -2.37. The molecule has 2 unspecified atom stereocenters. The molecule has 0 aromatic heterocycles. The Morgan fingerprint density at radius 1 is 0.821 bits per heavy atom. The summed E-state index contributed by atoms with van der Waals surface area (Å²) in [6.07, 6.45) is 3.45. The van der Waals surface area contributed by atoms with E-state index in [0.29, 0.717) is 39.3 Å². The zero-order valence-corrected chi connectivity index (χ0v) is 21.8. The standard InChI is InChI=1S/C33H33NO5/c35-33(36)34-19-18-31(32(23-34)39-24-25-12-13-26-8-4-5-9-28(26)22-25)27-14-16-30(17-15-27)38-21-7-6-20-37-29-10-2-1-3-11-29/h1-17,22,31-32H,18-21,23-24H2,(H,35,36)/b7-6+. The average Bonchev–Trinajstić information content (AvgIpc) is 2.98. The minimum Gasteiger partial charge on any atom is -0.490 e. The van der Waals surface area contributed by atoms with Crippen LogP contribution in [0.25, 0.3) is 10.8 Å². The van der Waals surface area contributed by atoms with Crippen molar-refractivity contribution in [2.45, 2.75) is 25.0 Å². The molecule has 0 aliphatic carbocycles. The van der Waals surface area contributed by atoms with Crippen molar-refractivity contribution in [1.82, 2.24) is 4.90 Å². The second-order valence-corrected chi connectivity index (χ2v) is 9.63. The number of carbonyl (C=O) groups is 1. The van der Waals surface area contributed by atoms with E-state index in [0.717, 1.165) is 22.6 Å². The number of para-hydroxylation sites is 1. The van der Waals surface area contributed by atoms with Crippen molar-refractivity contribution in [3.8, 4) is 11.5 Å². The monoisotopic (exact) mass is 523 g/mol. The topological polar surface area (TPSA) is 68.2 Å². The third-order valence-electron chi connectivity index (χ3n) is 7.02. The molecule has 4 aromatic carbocycles. The number of hydrogen-bond donors (Lipinski definition) is 1. The van der Waals surface area contributed by atoms with Gasteiger partial charge < -0.3 is 24.2 Å². The van der Waals surface area contributed by atoms with Gasteiger partial charge in [-0.3, -0.25) is 0 Å². The highest BCUT2D eigenvalue weighted by atomic mass is 16.5. The molecule has 6 heteroatoms. The highest BCUT2D eigenvalue weighted by Crippen LogP contribution is 2.32. The molecule has 1 heterocycles. The maximum absolute atomic E-state index is 11.7. The largest absolute Gasteiger partial charge is 0.490 e. The molecule has 39 heavy (non-hydrogen) atoms. The normalized spacial score (nSPS) is 17.4. The van der Waals surface area contributed by atoms with Gasteiger partial charge in [0.05, 0.1) is 19.3 Å². The van der Waals surface area contributed by atoms with Gasteiger partial charge in [0.15, 0.2) is 0 Å². The summed E-state index contributed by atoms with van der Waals surface area (Å²) in [5.41, 5.74) is 2.20. The highest BCUT2D eigenvalue weighted by Gasteiger charge is 2.33. The Kier molecular flexibility index (Phi) is 8.76. The number of nitrogens with zero attached hydrogens (tertiary/aromatic N) is 1. The predicted octanol–water partition coefficient (Wildman–Crippen LogP) is 6.91. The van der Waals surface area contributed by atoms with E-state index in [2.05, 4.69) is 42.5 Å². The Balaban J connectivity index is 1.17. The summed E-state index contributed by atoms with van der Waals surface area (Å²) in [7, 11) is 0. The molecule has 0 saturated carbocycles. The molecule has 1 N–H and O–H groups in total. The van der Waals surface area contributed by atoms with Gasteiger partial charge in [0.2, 0.25) is 0 Å². The Morgan fingerprint density at radius 2 is 1.49 bits per heavy atom. The molecule has 0 spiro atoms. The van der Waals surface area contributed by atoms with Crippen molar-refractivity contribution in [3.05, 3.63) is 120 Å². The third kappa shape index (κ3) is 7.18. The number of likely N-dealkylation sites (tertiary alicyclic amines) is 1. The molecule has 1 amide bonds. The summed E-state index contributed by atoms with van der Waals surface area (Å²) in [5.74, 6) is 1.72. The van der Waals surface area contributed by atoms with Crippen molar-refractivity contribution in [2.75, 3.05) is 26.3 Å². The van der Waals surface area contributed by atoms with Crippen molar-refractivity contribution in [3.63, 3.8) is 0 Å². The predicted molar refractivity (Wildman–Crippen MR) is 152 cm³/mol. The second kappa shape index (κ2) is 13.0. The zero-order valence-electron chi connectivity index (χ0n) is 21.8. The van der Waals surface area contributed by atoms with Gasteiger partial charge in [0.1, 0.15) is 24.7 Å². The Labute approximate surface area is 229 Å². The molecule has 6 nitrogen and oxygen atoms in total. The van der Waals surface area contributed by atoms with Gasteiger partial charge in [0, 0.05) is 12.5 Å². The number of rotatable bonds is 10. The fourth-order valence-electron chi connectivity index (χ4n) is 4.93. The van der Waals surface area contributed by atoms with Crippen LogP contribution in [0.1, 0.15) is 23.5 Å². The molecule has 0 bridgehead atoms. The second-order valence-electron chi connectivity index (χ2n) is 9.63. The molecule has 1 aliphatic heterocycles. The van der Waals surface area contributed by atoms with Crippen LogP contribution in [0.2, 0.25) is 0 Å². The quantitative estimate of drug-likeness (QED) is 0.229. The van der Waals surface area contributed by atoms with Crippen molar-refractivity contribution in [1.29, 1.82) is 0 Å². The van der Waals surface area contributed by atoms with E-state index in [1.807, 2.05) is 66.7 Å². The molecular weight excluding hydrogens is 490 g/mol. The van der Waals surface area contributed by atoms with Crippen LogP contribution in [0.5, 0.6) is 11.5 Å². The number of hydrogen-bond acceptors (Lipinski definition) is 4. The van der Waals surface area contributed by atoms with Gasteiger partial charge in [-0.1, -0.05) is 66.7 Å². The van der Waals surface area contributed by atoms with E-state index in [1.165, 1.54) is 15.7 Å². The number of benzene rings is 4. The van der Waals surface area contributed by atoms with Crippen LogP contribution in [0.15, 0.2) is 109 Å². The van der Waals surface area contributed by atoms with Gasteiger partial charge in [-0.15, -0.1) is 0 Å². The minimum atomic E-state index is -0.904. The van der Waals surface area contributed by atoms with E-state index < -0.39 is 6.09 Å². The van der Waals surface area contributed by atoms with Crippen LogP contribution in [-0.2, 0) is 11.3 Å². The van der Waals surface area contributed by atoms with Gasteiger partial charge in [0.25, 0.3) is 0 Å². The average molecular weight is 524 g/mol. The van der Waals surface area contributed by atoms with Crippen molar-refractivity contribution >= 4 is 16.9 Å². The SMILES string of the molecule is O=C(O)N1CCC(c2ccc(OC/C=C/COc3ccccc3)cc2)C(OCc2ccc3ccccc3c2)C1. The number of ether oxygens (including phenoxy) is 3. The highest BCUT2D eigenvalue weighted by molar-refractivity contribution is 5.82. The number of piperidine rings is 1. The van der Waals surface area contributed by atoms with Crippen LogP contribution in [0, 0.1) is 0 Å². The Morgan fingerprint density at radius 3 is 2.21 bits per heavy atom. The first-order chi connectivity index (χ1) is 19.2. The lowest BCUT2D eigenvalue weighted by molar-refractivity contribution is -0.0199. The summed E-state index contributed by atoms with van der Waals surface area (Å²) in [6.45, 7) is 2.21. The van der Waals surface area contributed by atoms with Crippen LogP contribution in [0.3, 0.4) is 0 Å². The summed E-state index contributed by atoms with van der Waals surface area (Å²) < 4.78 is 17.9. The first kappa shape index (κ1) is 26.3. The molecule has 5 rings (SSSR count). The van der Waals surface area contributed by atoms with Crippen LogP contribution in [-0.4, -0.2) is 48.5 Å². The maximum Gasteiger partial charge on any atom is 0.407 e. The lowest BCUT2D eigenvalue weighted by Crippen LogP contribution is -2.46. The van der Waals surface area contributed by atoms with Gasteiger partial charge in [-0.2, -0.15) is 0 Å².